The van der Waals surface area contributed by atoms with Crippen LogP contribution < -0.4 is 5.73 Å². The molecule has 78 valence electrons. The molecule has 0 aliphatic carbocycles. The first-order valence-electron chi connectivity index (χ1n) is 4.29. The third-order valence-corrected chi connectivity index (χ3v) is 2.91. The van der Waals surface area contributed by atoms with Gasteiger partial charge in [0.2, 0.25) is 0 Å². The van der Waals surface area contributed by atoms with Crippen molar-refractivity contribution in [1.29, 1.82) is 0 Å². The second-order valence-electron chi connectivity index (χ2n) is 3.29. The van der Waals surface area contributed by atoms with Crippen molar-refractivity contribution in [3.8, 4) is 0 Å². The van der Waals surface area contributed by atoms with Gasteiger partial charge >= 0.3 is 0 Å². The van der Waals surface area contributed by atoms with E-state index in [1.54, 1.807) is 6.07 Å². The SMILES string of the molecule is Cc1cc(CC(N)C(F)F)ccc1Br. The van der Waals surface area contributed by atoms with Gasteiger partial charge in [-0.15, -0.1) is 0 Å². The van der Waals surface area contributed by atoms with Crippen LogP contribution >= 0.6 is 15.9 Å². The zero-order chi connectivity index (χ0) is 10.7. The summed E-state index contributed by atoms with van der Waals surface area (Å²) in [5.41, 5.74) is 7.15. The minimum Gasteiger partial charge on any atom is -0.323 e. The number of hydrogen-bond acceptors (Lipinski definition) is 1. The largest absolute Gasteiger partial charge is 0.323 e. The topological polar surface area (TPSA) is 26.0 Å². The van der Waals surface area contributed by atoms with Gasteiger partial charge in [-0.3, -0.25) is 0 Å². The van der Waals surface area contributed by atoms with E-state index in [4.69, 9.17) is 5.73 Å². The lowest BCUT2D eigenvalue weighted by Crippen LogP contribution is -2.30. The molecule has 1 unspecified atom stereocenters. The van der Waals surface area contributed by atoms with E-state index in [1.165, 1.54) is 0 Å². The predicted octanol–water partition coefficient (Wildman–Crippen LogP) is 2.89. The lowest BCUT2D eigenvalue weighted by Gasteiger charge is -2.11. The van der Waals surface area contributed by atoms with E-state index in [1.807, 2.05) is 19.1 Å². The third-order valence-electron chi connectivity index (χ3n) is 2.02. The Bertz CT molecular complexity index is 315. The van der Waals surface area contributed by atoms with E-state index in [9.17, 15) is 8.78 Å². The smallest absolute Gasteiger partial charge is 0.253 e. The Labute approximate surface area is 90.4 Å². The van der Waals surface area contributed by atoms with Crippen LogP contribution in [0.5, 0.6) is 0 Å². The van der Waals surface area contributed by atoms with Gasteiger partial charge in [0.15, 0.2) is 0 Å². The molecule has 0 fully saturated rings. The number of alkyl halides is 2. The van der Waals surface area contributed by atoms with Gasteiger partial charge in [0, 0.05) is 4.47 Å². The third kappa shape index (κ3) is 3.03. The molecule has 0 saturated heterocycles. The highest BCUT2D eigenvalue weighted by Crippen LogP contribution is 2.18. The number of rotatable bonds is 3. The molecule has 4 heteroatoms. The van der Waals surface area contributed by atoms with Gasteiger partial charge in [-0.2, -0.15) is 0 Å². The Morgan fingerprint density at radius 3 is 2.57 bits per heavy atom. The van der Waals surface area contributed by atoms with Crippen molar-refractivity contribution in [2.24, 2.45) is 5.73 Å². The van der Waals surface area contributed by atoms with Crippen LogP contribution in [0.25, 0.3) is 0 Å². The second-order valence-corrected chi connectivity index (χ2v) is 4.14. The van der Waals surface area contributed by atoms with Crippen LogP contribution in [-0.2, 0) is 6.42 Å². The molecule has 0 aliphatic rings. The Kier molecular flexibility index (Phi) is 4.01. The van der Waals surface area contributed by atoms with E-state index in [0.717, 1.165) is 15.6 Å². The molecule has 0 amide bonds. The Balaban J connectivity index is 2.73. The molecule has 1 rings (SSSR count). The van der Waals surface area contributed by atoms with Crippen molar-refractivity contribution in [3.63, 3.8) is 0 Å². The maximum atomic E-state index is 12.2. The number of nitrogens with two attached hydrogens (primary N) is 1. The number of benzene rings is 1. The molecular weight excluding hydrogens is 252 g/mol. The normalized spacial score (nSPS) is 13.3. The van der Waals surface area contributed by atoms with Gasteiger partial charge in [-0.1, -0.05) is 28.1 Å². The van der Waals surface area contributed by atoms with E-state index >= 15 is 0 Å². The molecule has 0 aliphatic heterocycles. The zero-order valence-corrected chi connectivity index (χ0v) is 9.39. The fraction of sp³-hybridized carbons (Fsp3) is 0.400. The molecule has 1 nitrogen and oxygen atoms in total. The summed E-state index contributed by atoms with van der Waals surface area (Å²) in [7, 11) is 0. The maximum absolute atomic E-state index is 12.2. The molecule has 0 saturated carbocycles. The van der Waals surface area contributed by atoms with E-state index < -0.39 is 12.5 Å². The minimum absolute atomic E-state index is 0.214. The molecular formula is C10H12BrF2N. The molecule has 2 N–H and O–H groups in total. The van der Waals surface area contributed by atoms with Crippen LogP contribution in [0.4, 0.5) is 8.78 Å². The maximum Gasteiger partial charge on any atom is 0.253 e. The van der Waals surface area contributed by atoms with Crippen molar-refractivity contribution in [2.45, 2.75) is 25.8 Å². The van der Waals surface area contributed by atoms with Gasteiger partial charge in [0.05, 0.1) is 6.04 Å². The number of halogens is 3. The van der Waals surface area contributed by atoms with Crippen LogP contribution in [0.3, 0.4) is 0 Å². The van der Waals surface area contributed by atoms with Gasteiger partial charge in [-0.25, -0.2) is 8.78 Å². The van der Waals surface area contributed by atoms with Gasteiger partial charge in [0.25, 0.3) is 6.43 Å². The molecule has 0 bridgehead atoms. The Morgan fingerprint density at radius 2 is 2.07 bits per heavy atom. The van der Waals surface area contributed by atoms with Crippen molar-refractivity contribution >= 4 is 15.9 Å². The monoisotopic (exact) mass is 263 g/mol. The van der Waals surface area contributed by atoms with Gasteiger partial charge < -0.3 is 5.73 Å². The predicted molar refractivity (Wildman–Crippen MR) is 56.6 cm³/mol. The standard InChI is InChI=1S/C10H12BrF2N/c1-6-4-7(2-3-8(6)11)5-9(14)10(12)13/h2-4,9-10H,5,14H2,1H3. The average molecular weight is 264 g/mol. The van der Waals surface area contributed by atoms with Crippen LogP contribution in [0.15, 0.2) is 22.7 Å². The van der Waals surface area contributed by atoms with Crippen LogP contribution in [-0.4, -0.2) is 12.5 Å². The molecule has 1 aromatic rings. The average Bonchev–Trinajstić information content (AvgIpc) is 2.11. The second kappa shape index (κ2) is 4.84. The van der Waals surface area contributed by atoms with Crippen molar-refractivity contribution < 1.29 is 8.78 Å². The van der Waals surface area contributed by atoms with E-state index in [2.05, 4.69) is 15.9 Å². The van der Waals surface area contributed by atoms with Crippen LogP contribution in [0.1, 0.15) is 11.1 Å². The van der Waals surface area contributed by atoms with Crippen LogP contribution in [0.2, 0.25) is 0 Å². The summed E-state index contributed by atoms with van der Waals surface area (Å²) >= 11 is 3.35. The summed E-state index contributed by atoms with van der Waals surface area (Å²) in [6, 6.07) is 4.45. The first kappa shape index (κ1) is 11.6. The van der Waals surface area contributed by atoms with E-state index in [0.29, 0.717) is 0 Å². The molecule has 1 aromatic carbocycles. The minimum atomic E-state index is -2.46. The Morgan fingerprint density at radius 1 is 1.43 bits per heavy atom. The summed E-state index contributed by atoms with van der Waals surface area (Å²) in [6.07, 6.45) is -2.25. The van der Waals surface area contributed by atoms with Crippen molar-refractivity contribution in [1.82, 2.24) is 0 Å². The Hall–Kier alpha value is -0.480. The molecule has 0 radical (unpaired) electrons. The number of aryl methyl sites for hydroxylation is 1. The molecule has 14 heavy (non-hydrogen) atoms. The first-order chi connectivity index (χ1) is 6.50. The summed E-state index contributed by atoms with van der Waals surface area (Å²) in [4.78, 5) is 0. The highest BCUT2D eigenvalue weighted by molar-refractivity contribution is 9.10. The first-order valence-corrected chi connectivity index (χ1v) is 5.08. The summed E-state index contributed by atoms with van der Waals surface area (Å²) in [5, 5.41) is 0. The molecule has 0 heterocycles. The lowest BCUT2D eigenvalue weighted by atomic mass is 10.0. The zero-order valence-electron chi connectivity index (χ0n) is 7.81. The highest BCUT2D eigenvalue weighted by atomic mass is 79.9. The summed E-state index contributed by atoms with van der Waals surface area (Å²) in [6.45, 7) is 1.92. The van der Waals surface area contributed by atoms with Crippen molar-refractivity contribution in [3.05, 3.63) is 33.8 Å². The van der Waals surface area contributed by atoms with Crippen molar-refractivity contribution in [2.75, 3.05) is 0 Å². The lowest BCUT2D eigenvalue weighted by molar-refractivity contribution is 0.116. The highest BCUT2D eigenvalue weighted by Gasteiger charge is 2.15. The quantitative estimate of drug-likeness (QED) is 0.892. The number of hydrogen-bond donors (Lipinski definition) is 1. The summed E-state index contributed by atoms with van der Waals surface area (Å²) < 4.78 is 25.3. The summed E-state index contributed by atoms with van der Waals surface area (Å²) in [5.74, 6) is 0. The fourth-order valence-electron chi connectivity index (χ4n) is 1.20. The molecule has 0 spiro atoms. The van der Waals surface area contributed by atoms with Gasteiger partial charge in [0.1, 0.15) is 0 Å². The van der Waals surface area contributed by atoms with Crippen LogP contribution in [0, 0.1) is 6.92 Å². The van der Waals surface area contributed by atoms with E-state index in [-0.39, 0.29) is 6.42 Å². The molecule has 0 aromatic heterocycles. The fourth-order valence-corrected chi connectivity index (χ4v) is 1.44. The van der Waals surface area contributed by atoms with Gasteiger partial charge in [-0.05, 0) is 30.5 Å². The molecule has 1 atom stereocenters.